The third-order valence-corrected chi connectivity index (χ3v) is 0.597. The zero-order chi connectivity index (χ0) is 10.2. The molecule has 0 saturated heterocycles. The highest BCUT2D eigenvalue weighted by Crippen LogP contribution is 2.26. The second kappa shape index (κ2) is 7.24. The lowest BCUT2D eigenvalue weighted by atomic mass is 10.5. The van der Waals surface area contributed by atoms with Gasteiger partial charge in [0.2, 0.25) is 5.91 Å². The van der Waals surface area contributed by atoms with E-state index in [4.69, 9.17) is 14.9 Å². The number of carbonyl (C=O) groups is 1. The number of hydrogen-bond acceptors (Lipinski definition) is 3. The summed E-state index contributed by atoms with van der Waals surface area (Å²) in [7, 11) is -3.64. The van der Waals surface area contributed by atoms with E-state index in [1.165, 1.54) is 0 Å². The lowest BCUT2D eigenvalue weighted by molar-refractivity contribution is -0.121. The SMILES string of the molecule is CCC(=O)NCO.CP(=O)(O)O. The topological polar surface area (TPSA) is 107 Å². The number of hydrogen-bond donors (Lipinski definition) is 4. The molecule has 12 heavy (non-hydrogen) atoms. The van der Waals surface area contributed by atoms with Gasteiger partial charge in [0.1, 0.15) is 6.73 Å². The quantitative estimate of drug-likeness (QED) is 0.346. The first-order chi connectivity index (χ1) is 5.31. The zero-order valence-corrected chi connectivity index (χ0v) is 7.91. The molecule has 0 rings (SSSR count). The lowest BCUT2D eigenvalue weighted by Crippen LogP contribution is -2.22. The van der Waals surface area contributed by atoms with Crippen LogP contribution in [0.5, 0.6) is 0 Å². The van der Waals surface area contributed by atoms with Crippen LogP contribution in [0.3, 0.4) is 0 Å². The molecule has 0 bridgehead atoms. The van der Waals surface area contributed by atoms with Crippen molar-refractivity contribution in [1.29, 1.82) is 0 Å². The van der Waals surface area contributed by atoms with E-state index < -0.39 is 7.60 Å². The lowest BCUT2D eigenvalue weighted by Gasteiger charge is -1.93. The van der Waals surface area contributed by atoms with Crippen molar-refractivity contribution in [1.82, 2.24) is 5.32 Å². The predicted octanol–water partition coefficient (Wildman–Crippen LogP) is -0.744. The van der Waals surface area contributed by atoms with Gasteiger partial charge in [-0.25, -0.2) is 0 Å². The molecule has 74 valence electrons. The molecule has 0 radical (unpaired) electrons. The fourth-order valence-electron chi connectivity index (χ4n) is 0.213. The molecular weight excluding hydrogens is 185 g/mol. The number of rotatable bonds is 2. The van der Waals surface area contributed by atoms with Crippen LogP contribution < -0.4 is 5.32 Å². The summed E-state index contributed by atoms with van der Waals surface area (Å²) < 4.78 is 9.33. The number of aliphatic hydroxyl groups is 1. The van der Waals surface area contributed by atoms with Crippen molar-refractivity contribution in [3.8, 4) is 0 Å². The normalized spacial score (nSPS) is 9.75. The van der Waals surface area contributed by atoms with Crippen LogP contribution in [0.2, 0.25) is 0 Å². The van der Waals surface area contributed by atoms with Gasteiger partial charge in [0, 0.05) is 13.1 Å². The average molecular weight is 199 g/mol. The minimum absolute atomic E-state index is 0.123. The van der Waals surface area contributed by atoms with E-state index in [0.29, 0.717) is 6.42 Å². The van der Waals surface area contributed by atoms with Crippen molar-refractivity contribution in [3.63, 3.8) is 0 Å². The standard InChI is InChI=1S/C4H9NO2.CH5O3P/c1-2-4(7)5-3-6;1-5(2,3)4/h6H,2-3H2,1H3,(H,5,7);1H3,(H2,2,3,4). The average Bonchev–Trinajstić information content (AvgIpc) is 1.85. The Hall–Kier alpha value is -0.420. The van der Waals surface area contributed by atoms with Crippen LogP contribution in [0.4, 0.5) is 0 Å². The molecule has 0 aromatic carbocycles. The highest BCUT2D eigenvalue weighted by atomic mass is 31.2. The second-order valence-corrected chi connectivity index (χ2v) is 3.62. The van der Waals surface area contributed by atoms with Crippen molar-refractivity contribution in [2.75, 3.05) is 13.4 Å². The smallest absolute Gasteiger partial charge is 0.322 e. The third kappa shape index (κ3) is 33.6. The Morgan fingerprint density at radius 1 is 1.50 bits per heavy atom. The Morgan fingerprint density at radius 2 is 1.83 bits per heavy atom. The van der Waals surface area contributed by atoms with Crippen molar-refractivity contribution in [3.05, 3.63) is 0 Å². The molecule has 0 aliphatic carbocycles. The van der Waals surface area contributed by atoms with Gasteiger partial charge in [-0.1, -0.05) is 6.92 Å². The predicted molar refractivity (Wildman–Crippen MR) is 43.5 cm³/mol. The van der Waals surface area contributed by atoms with E-state index >= 15 is 0 Å². The minimum atomic E-state index is -3.64. The van der Waals surface area contributed by atoms with Gasteiger partial charge in [-0.05, 0) is 0 Å². The van der Waals surface area contributed by atoms with E-state index in [9.17, 15) is 9.36 Å². The van der Waals surface area contributed by atoms with Crippen LogP contribution in [0.25, 0.3) is 0 Å². The molecule has 7 heteroatoms. The summed E-state index contributed by atoms with van der Waals surface area (Å²) in [5, 5.41) is 10.2. The van der Waals surface area contributed by atoms with E-state index in [1.807, 2.05) is 0 Å². The largest absolute Gasteiger partial charge is 0.377 e. The first-order valence-electron chi connectivity index (χ1n) is 3.21. The molecule has 0 fully saturated rings. The van der Waals surface area contributed by atoms with Gasteiger partial charge in [0.05, 0.1) is 0 Å². The summed E-state index contributed by atoms with van der Waals surface area (Å²) in [6, 6.07) is 0. The van der Waals surface area contributed by atoms with Gasteiger partial charge in [-0.15, -0.1) is 0 Å². The molecule has 0 atom stereocenters. The highest BCUT2D eigenvalue weighted by Gasteiger charge is 1.95. The monoisotopic (exact) mass is 199 g/mol. The maximum atomic E-state index is 10.1. The summed E-state index contributed by atoms with van der Waals surface area (Å²) in [5.74, 6) is -0.123. The Labute approximate surface area is 70.8 Å². The van der Waals surface area contributed by atoms with Gasteiger partial charge in [-0.2, -0.15) is 0 Å². The molecule has 0 aromatic heterocycles. The van der Waals surface area contributed by atoms with Gasteiger partial charge in [0.15, 0.2) is 0 Å². The molecule has 6 nitrogen and oxygen atoms in total. The fraction of sp³-hybridized carbons (Fsp3) is 0.800. The fourth-order valence-corrected chi connectivity index (χ4v) is 0.213. The molecule has 0 unspecified atom stereocenters. The van der Waals surface area contributed by atoms with Gasteiger partial charge >= 0.3 is 7.60 Å². The number of nitrogens with one attached hydrogen (secondary N) is 1. The van der Waals surface area contributed by atoms with Crippen molar-refractivity contribution < 1.29 is 24.3 Å². The summed E-state index contributed by atoms with van der Waals surface area (Å²) >= 11 is 0. The molecule has 0 saturated carbocycles. The molecule has 0 heterocycles. The van der Waals surface area contributed by atoms with E-state index in [0.717, 1.165) is 6.66 Å². The summed E-state index contributed by atoms with van der Waals surface area (Å²) in [5.41, 5.74) is 0. The molecule has 0 aromatic rings. The van der Waals surface area contributed by atoms with E-state index in [-0.39, 0.29) is 12.6 Å². The first kappa shape index (κ1) is 14.1. The Balaban J connectivity index is 0. The van der Waals surface area contributed by atoms with Gasteiger partial charge in [0.25, 0.3) is 0 Å². The Morgan fingerprint density at radius 3 is 1.92 bits per heavy atom. The number of aliphatic hydroxyl groups excluding tert-OH is 1. The molecule has 1 amide bonds. The summed E-state index contributed by atoms with van der Waals surface area (Å²) in [6.45, 7) is 2.32. The minimum Gasteiger partial charge on any atom is -0.377 e. The molecule has 4 N–H and O–H groups in total. The van der Waals surface area contributed by atoms with Crippen LogP contribution in [0.15, 0.2) is 0 Å². The summed E-state index contributed by atoms with van der Waals surface area (Å²) in [4.78, 5) is 25.4. The molecule has 0 spiro atoms. The van der Waals surface area contributed by atoms with Gasteiger partial charge in [-0.3, -0.25) is 9.36 Å². The first-order valence-corrected chi connectivity index (χ1v) is 5.27. The van der Waals surface area contributed by atoms with Crippen LogP contribution in [0, 0.1) is 0 Å². The van der Waals surface area contributed by atoms with Crippen LogP contribution >= 0.6 is 7.60 Å². The second-order valence-electron chi connectivity index (χ2n) is 1.95. The Bertz CT molecular complexity index is 157. The summed E-state index contributed by atoms with van der Waals surface area (Å²) in [6.07, 6.45) is 0.431. The third-order valence-electron chi connectivity index (χ3n) is 0.597. The van der Waals surface area contributed by atoms with Gasteiger partial charge < -0.3 is 20.2 Å². The van der Waals surface area contributed by atoms with Crippen LogP contribution in [-0.4, -0.2) is 34.2 Å². The van der Waals surface area contributed by atoms with Crippen LogP contribution in [0.1, 0.15) is 13.3 Å². The maximum absolute atomic E-state index is 10.1. The number of amides is 1. The van der Waals surface area contributed by atoms with Crippen molar-refractivity contribution in [2.45, 2.75) is 13.3 Å². The zero-order valence-electron chi connectivity index (χ0n) is 7.02. The molecular formula is C5H14NO5P. The van der Waals surface area contributed by atoms with Crippen molar-refractivity contribution >= 4 is 13.5 Å². The number of carbonyl (C=O) groups excluding carboxylic acids is 1. The van der Waals surface area contributed by atoms with E-state index in [1.54, 1.807) is 6.92 Å². The van der Waals surface area contributed by atoms with Crippen LogP contribution in [-0.2, 0) is 9.36 Å². The highest BCUT2D eigenvalue weighted by molar-refractivity contribution is 7.50. The Kier molecular flexibility index (Phi) is 8.52. The van der Waals surface area contributed by atoms with Crippen molar-refractivity contribution in [2.24, 2.45) is 0 Å². The van der Waals surface area contributed by atoms with E-state index in [2.05, 4.69) is 5.32 Å². The maximum Gasteiger partial charge on any atom is 0.322 e. The molecule has 0 aliphatic rings. The molecule has 0 aliphatic heterocycles.